The van der Waals surface area contributed by atoms with Crippen LogP contribution in [0.25, 0.3) is 0 Å². The smallest absolute Gasteiger partial charge is 0.00939 e. The molecule has 2 fully saturated rings. The molecule has 0 spiro atoms. The Morgan fingerprint density at radius 2 is 1.31 bits per heavy atom. The molecule has 0 amide bonds. The van der Waals surface area contributed by atoms with Gasteiger partial charge in [0.2, 0.25) is 0 Å². The van der Waals surface area contributed by atoms with Crippen LogP contribution in [0.5, 0.6) is 0 Å². The zero-order chi connectivity index (χ0) is 9.80. The second kappa shape index (κ2) is 8.57. The van der Waals surface area contributed by atoms with Crippen LogP contribution in [0.15, 0.2) is 0 Å². The molecule has 0 bridgehead atoms. The number of hydrogen-bond donors (Lipinski definition) is 1. The molecule has 1 aliphatic carbocycles. The molecule has 2 aliphatic rings. The fourth-order valence-electron chi connectivity index (χ4n) is 2.78. The van der Waals surface area contributed by atoms with Gasteiger partial charge in [-0.05, 0) is 45.8 Å². The Morgan fingerprint density at radius 3 is 1.88 bits per heavy atom. The van der Waals surface area contributed by atoms with Crippen LogP contribution in [0, 0.1) is 0 Å². The summed E-state index contributed by atoms with van der Waals surface area (Å²) < 4.78 is 0. The van der Waals surface area contributed by atoms with E-state index in [1.54, 1.807) is 0 Å². The standard InChI is InChI=1S/C12H24N2.2ClH/c1-14-9-7-12(8-10-14)13-11-5-3-2-4-6-11;;/h11-13H,2-10H2,1H3;2*1H. The predicted octanol–water partition coefficient (Wildman–Crippen LogP) is 2.85. The van der Waals surface area contributed by atoms with Crippen molar-refractivity contribution < 1.29 is 0 Å². The molecule has 1 aliphatic heterocycles. The van der Waals surface area contributed by atoms with Crippen molar-refractivity contribution in [2.45, 2.75) is 57.0 Å². The second-order valence-corrected chi connectivity index (χ2v) is 5.08. The van der Waals surface area contributed by atoms with Crippen molar-refractivity contribution in [3.05, 3.63) is 0 Å². The van der Waals surface area contributed by atoms with Gasteiger partial charge in [0.1, 0.15) is 0 Å². The van der Waals surface area contributed by atoms with Crippen LogP contribution in [0.2, 0.25) is 0 Å². The first-order chi connectivity index (χ1) is 6.84. The summed E-state index contributed by atoms with van der Waals surface area (Å²) in [6.45, 7) is 2.56. The summed E-state index contributed by atoms with van der Waals surface area (Å²) in [4.78, 5) is 2.44. The van der Waals surface area contributed by atoms with Gasteiger partial charge in [-0.15, -0.1) is 24.8 Å². The van der Waals surface area contributed by atoms with Crippen LogP contribution in [0.3, 0.4) is 0 Å². The quantitative estimate of drug-likeness (QED) is 0.829. The van der Waals surface area contributed by atoms with Crippen LogP contribution in [0.1, 0.15) is 44.9 Å². The molecule has 0 radical (unpaired) electrons. The Hall–Kier alpha value is 0.500. The van der Waals surface area contributed by atoms with E-state index in [1.807, 2.05) is 0 Å². The number of rotatable bonds is 2. The molecular formula is C12H26Cl2N2. The van der Waals surface area contributed by atoms with Gasteiger partial charge in [-0.25, -0.2) is 0 Å². The third kappa shape index (κ3) is 5.22. The average Bonchev–Trinajstić information content (AvgIpc) is 2.23. The summed E-state index contributed by atoms with van der Waals surface area (Å²) >= 11 is 0. The summed E-state index contributed by atoms with van der Waals surface area (Å²) in [5.74, 6) is 0. The first kappa shape index (κ1) is 16.5. The number of likely N-dealkylation sites (tertiary alicyclic amines) is 1. The zero-order valence-corrected chi connectivity index (χ0v) is 11.9. The highest BCUT2D eigenvalue weighted by molar-refractivity contribution is 5.85. The minimum absolute atomic E-state index is 0. The van der Waals surface area contributed by atoms with Gasteiger partial charge in [0.25, 0.3) is 0 Å². The van der Waals surface area contributed by atoms with E-state index >= 15 is 0 Å². The highest BCUT2D eigenvalue weighted by Crippen LogP contribution is 2.19. The molecule has 0 aromatic rings. The van der Waals surface area contributed by atoms with Crippen LogP contribution >= 0.6 is 24.8 Å². The molecule has 0 unspecified atom stereocenters. The monoisotopic (exact) mass is 268 g/mol. The number of halogens is 2. The van der Waals surface area contributed by atoms with Gasteiger partial charge in [-0.1, -0.05) is 19.3 Å². The molecule has 2 nitrogen and oxygen atoms in total. The summed E-state index contributed by atoms with van der Waals surface area (Å²) in [7, 11) is 2.23. The van der Waals surface area contributed by atoms with E-state index in [0.29, 0.717) is 0 Å². The summed E-state index contributed by atoms with van der Waals surface area (Å²) in [6.07, 6.45) is 9.92. The maximum absolute atomic E-state index is 3.85. The van der Waals surface area contributed by atoms with Crippen molar-refractivity contribution in [2.24, 2.45) is 0 Å². The maximum atomic E-state index is 3.85. The summed E-state index contributed by atoms with van der Waals surface area (Å²) in [6, 6.07) is 1.66. The van der Waals surface area contributed by atoms with Gasteiger partial charge in [0, 0.05) is 12.1 Å². The largest absolute Gasteiger partial charge is 0.311 e. The topological polar surface area (TPSA) is 15.3 Å². The van der Waals surface area contributed by atoms with Crippen LogP contribution in [-0.2, 0) is 0 Å². The maximum Gasteiger partial charge on any atom is 0.00939 e. The lowest BCUT2D eigenvalue weighted by Crippen LogP contribution is -2.45. The van der Waals surface area contributed by atoms with E-state index in [-0.39, 0.29) is 24.8 Å². The molecule has 1 heterocycles. The molecule has 1 N–H and O–H groups in total. The fourth-order valence-corrected chi connectivity index (χ4v) is 2.78. The van der Waals surface area contributed by atoms with Gasteiger partial charge in [-0.3, -0.25) is 0 Å². The van der Waals surface area contributed by atoms with Gasteiger partial charge in [0.15, 0.2) is 0 Å². The minimum atomic E-state index is 0. The Balaban J connectivity index is 0.00000112. The van der Waals surface area contributed by atoms with Crippen LogP contribution < -0.4 is 5.32 Å². The highest BCUT2D eigenvalue weighted by atomic mass is 35.5. The van der Waals surface area contributed by atoms with Crippen molar-refractivity contribution in [2.75, 3.05) is 20.1 Å². The SMILES string of the molecule is CN1CCC(NC2CCCCC2)CC1.Cl.Cl. The number of piperidine rings is 1. The second-order valence-electron chi connectivity index (χ2n) is 5.08. The fraction of sp³-hybridized carbons (Fsp3) is 1.00. The van der Waals surface area contributed by atoms with E-state index in [1.165, 1.54) is 58.0 Å². The lowest BCUT2D eigenvalue weighted by Gasteiger charge is -2.34. The molecule has 0 atom stereocenters. The van der Waals surface area contributed by atoms with Crippen molar-refractivity contribution in [1.29, 1.82) is 0 Å². The molecule has 2 rings (SSSR count). The van der Waals surface area contributed by atoms with Gasteiger partial charge < -0.3 is 10.2 Å². The predicted molar refractivity (Wildman–Crippen MR) is 75.0 cm³/mol. The van der Waals surface area contributed by atoms with Gasteiger partial charge in [-0.2, -0.15) is 0 Å². The van der Waals surface area contributed by atoms with Crippen molar-refractivity contribution >= 4 is 24.8 Å². The molecule has 1 saturated heterocycles. The third-order valence-corrected chi connectivity index (χ3v) is 3.80. The van der Waals surface area contributed by atoms with E-state index in [2.05, 4.69) is 17.3 Å². The van der Waals surface area contributed by atoms with Gasteiger partial charge in [0.05, 0.1) is 0 Å². The summed E-state index contributed by atoms with van der Waals surface area (Å²) in [5.41, 5.74) is 0. The summed E-state index contributed by atoms with van der Waals surface area (Å²) in [5, 5.41) is 3.85. The average molecular weight is 269 g/mol. The Kier molecular flexibility index (Phi) is 8.84. The van der Waals surface area contributed by atoms with Crippen molar-refractivity contribution in [3.8, 4) is 0 Å². The Labute approximate surface area is 112 Å². The van der Waals surface area contributed by atoms with Crippen molar-refractivity contribution in [3.63, 3.8) is 0 Å². The van der Waals surface area contributed by atoms with Crippen molar-refractivity contribution in [1.82, 2.24) is 10.2 Å². The van der Waals surface area contributed by atoms with Gasteiger partial charge >= 0.3 is 0 Å². The third-order valence-electron chi connectivity index (χ3n) is 3.80. The molecule has 1 saturated carbocycles. The van der Waals surface area contributed by atoms with E-state index in [4.69, 9.17) is 0 Å². The normalized spacial score (nSPS) is 24.6. The molecule has 0 aromatic carbocycles. The highest BCUT2D eigenvalue weighted by Gasteiger charge is 2.20. The molecular weight excluding hydrogens is 243 g/mol. The first-order valence-electron chi connectivity index (χ1n) is 6.29. The number of nitrogens with zero attached hydrogens (tertiary/aromatic N) is 1. The Bertz CT molecular complexity index is 164. The lowest BCUT2D eigenvalue weighted by atomic mass is 9.93. The van der Waals surface area contributed by atoms with E-state index in [9.17, 15) is 0 Å². The lowest BCUT2D eigenvalue weighted by molar-refractivity contribution is 0.213. The molecule has 4 heteroatoms. The minimum Gasteiger partial charge on any atom is -0.311 e. The number of hydrogen-bond acceptors (Lipinski definition) is 2. The van der Waals surface area contributed by atoms with Crippen LogP contribution in [-0.4, -0.2) is 37.1 Å². The number of nitrogens with one attached hydrogen (secondary N) is 1. The Morgan fingerprint density at radius 1 is 0.812 bits per heavy atom. The molecule has 0 aromatic heterocycles. The first-order valence-corrected chi connectivity index (χ1v) is 6.29. The zero-order valence-electron chi connectivity index (χ0n) is 10.3. The van der Waals surface area contributed by atoms with E-state index in [0.717, 1.165) is 12.1 Å². The molecule has 98 valence electrons. The van der Waals surface area contributed by atoms with E-state index < -0.39 is 0 Å². The van der Waals surface area contributed by atoms with Crippen LogP contribution in [0.4, 0.5) is 0 Å². The molecule has 16 heavy (non-hydrogen) atoms.